The number of hydrogen-bond donors (Lipinski definition) is 1. The topological polar surface area (TPSA) is 12.0 Å². The quantitative estimate of drug-likeness (QED) is 0.826. The lowest BCUT2D eigenvalue weighted by atomic mass is 10.1. The van der Waals surface area contributed by atoms with Crippen LogP contribution in [-0.4, -0.2) is 7.05 Å². The van der Waals surface area contributed by atoms with Crippen LogP contribution in [0.25, 0.3) is 0 Å². The molecule has 0 unspecified atom stereocenters. The minimum Gasteiger partial charge on any atom is -0.316 e. The van der Waals surface area contributed by atoms with Crippen molar-refractivity contribution in [1.29, 1.82) is 0 Å². The molecule has 1 aromatic carbocycles. The van der Waals surface area contributed by atoms with E-state index in [2.05, 4.69) is 21.2 Å². The Morgan fingerprint density at radius 3 is 2.75 bits per heavy atom. The lowest BCUT2D eigenvalue weighted by Gasteiger charge is -2.05. The zero-order valence-electron chi connectivity index (χ0n) is 7.12. The van der Waals surface area contributed by atoms with Crippen LogP contribution in [0.2, 0.25) is 0 Å². The van der Waals surface area contributed by atoms with Gasteiger partial charge in [-0.1, -0.05) is 15.9 Å². The molecule has 0 aliphatic carbocycles. The van der Waals surface area contributed by atoms with Crippen molar-refractivity contribution in [2.24, 2.45) is 0 Å². The molecule has 0 saturated heterocycles. The van der Waals surface area contributed by atoms with E-state index in [4.69, 9.17) is 0 Å². The summed E-state index contributed by atoms with van der Waals surface area (Å²) in [6.07, 6.45) is 0. The summed E-state index contributed by atoms with van der Waals surface area (Å²) in [7, 11) is 1.84. The van der Waals surface area contributed by atoms with Gasteiger partial charge in [-0.05, 0) is 37.2 Å². The maximum atomic E-state index is 13.0. The number of halogens is 2. The molecule has 1 rings (SSSR count). The third kappa shape index (κ3) is 2.05. The van der Waals surface area contributed by atoms with Gasteiger partial charge in [0.2, 0.25) is 0 Å². The molecule has 1 nitrogen and oxygen atoms in total. The first kappa shape index (κ1) is 9.68. The van der Waals surface area contributed by atoms with Crippen LogP contribution in [-0.2, 0) is 6.54 Å². The average Bonchev–Trinajstić information content (AvgIpc) is 2.01. The lowest BCUT2D eigenvalue weighted by molar-refractivity contribution is 0.614. The summed E-state index contributed by atoms with van der Waals surface area (Å²) in [5.41, 5.74) is 1.61. The molecule has 0 bridgehead atoms. The zero-order valence-corrected chi connectivity index (χ0v) is 8.70. The van der Waals surface area contributed by atoms with Crippen molar-refractivity contribution in [3.8, 4) is 0 Å². The summed E-state index contributed by atoms with van der Waals surface area (Å²) in [5, 5.41) is 2.97. The minimum absolute atomic E-state index is 0.150. The molecule has 1 aromatic rings. The van der Waals surface area contributed by atoms with E-state index in [1.807, 2.05) is 7.05 Å². The summed E-state index contributed by atoms with van der Waals surface area (Å²) >= 11 is 3.38. The smallest absolute Gasteiger partial charge is 0.126 e. The average molecular weight is 232 g/mol. The van der Waals surface area contributed by atoms with Crippen LogP contribution in [0.3, 0.4) is 0 Å². The van der Waals surface area contributed by atoms with Crippen molar-refractivity contribution < 1.29 is 4.39 Å². The van der Waals surface area contributed by atoms with E-state index in [1.54, 1.807) is 19.1 Å². The fraction of sp³-hybridized carbons (Fsp3) is 0.333. The molecule has 1 N–H and O–H groups in total. The maximum Gasteiger partial charge on any atom is 0.126 e. The Balaban J connectivity index is 3.05. The molecule has 12 heavy (non-hydrogen) atoms. The van der Waals surface area contributed by atoms with Crippen molar-refractivity contribution in [1.82, 2.24) is 5.32 Å². The van der Waals surface area contributed by atoms with E-state index in [0.717, 1.165) is 10.0 Å². The number of hydrogen-bond acceptors (Lipinski definition) is 1. The van der Waals surface area contributed by atoms with Gasteiger partial charge in [0.15, 0.2) is 0 Å². The van der Waals surface area contributed by atoms with Crippen LogP contribution in [0.5, 0.6) is 0 Å². The molecule has 0 spiro atoms. The van der Waals surface area contributed by atoms with E-state index in [9.17, 15) is 4.39 Å². The SMILES string of the molecule is CNCc1cc(F)c(C)cc1Br. The maximum absolute atomic E-state index is 13.0. The summed E-state index contributed by atoms with van der Waals surface area (Å²) in [4.78, 5) is 0. The number of aryl methyl sites for hydroxylation is 1. The van der Waals surface area contributed by atoms with Crippen LogP contribution in [0.1, 0.15) is 11.1 Å². The van der Waals surface area contributed by atoms with E-state index >= 15 is 0 Å². The van der Waals surface area contributed by atoms with Gasteiger partial charge in [0.1, 0.15) is 5.82 Å². The second-order valence-corrected chi connectivity index (χ2v) is 3.58. The van der Waals surface area contributed by atoms with E-state index in [-0.39, 0.29) is 5.82 Å². The molecule has 0 saturated carbocycles. The molecule has 0 radical (unpaired) electrons. The van der Waals surface area contributed by atoms with Crippen molar-refractivity contribution >= 4 is 15.9 Å². The number of benzene rings is 1. The molecule has 66 valence electrons. The summed E-state index contributed by atoms with van der Waals surface area (Å²) in [5.74, 6) is -0.150. The predicted octanol–water partition coefficient (Wildman–Crippen LogP) is 2.62. The van der Waals surface area contributed by atoms with Gasteiger partial charge in [-0.25, -0.2) is 4.39 Å². The summed E-state index contributed by atoms with van der Waals surface area (Å²) < 4.78 is 14.0. The summed E-state index contributed by atoms with van der Waals surface area (Å²) in [6, 6.07) is 3.35. The van der Waals surface area contributed by atoms with Crippen molar-refractivity contribution in [3.05, 3.63) is 33.5 Å². The highest BCUT2D eigenvalue weighted by molar-refractivity contribution is 9.10. The third-order valence-electron chi connectivity index (χ3n) is 1.69. The van der Waals surface area contributed by atoms with Gasteiger partial charge in [0.05, 0.1) is 0 Å². The first-order chi connectivity index (χ1) is 5.65. The van der Waals surface area contributed by atoms with Gasteiger partial charge < -0.3 is 5.32 Å². The Hall–Kier alpha value is -0.410. The highest BCUT2D eigenvalue weighted by atomic mass is 79.9. The van der Waals surface area contributed by atoms with Crippen LogP contribution in [0.4, 0.5) is 4.39 Å². The van der Waals surface area contributed by atoms with Gasteiger partial charge in [-0.2, -0.15) is 0 Å². The Kier molecular flexibility index (Phi) is 3.23. The third-order valence-corrected chi connectivity index (χ3v) is 2.43. The number of nitrogens with one attached hydrogen (secondary N) is 1. The van der Waals surface area contributed by atoms with Gasteiger partial charge in [-0.3, -0.25) is 0 Å². The lowest BCUT2D eigenvalue weighted by Crippen LogP contribution is -2.06. The van der Waals surface area contributed by atoms with Gasteiger partial charge in [0, 0.05) is 11.0 Å². The molecule has 0 fully saturated rings. The summed E-state index contributed by atoms with van der Waals surface area (Å²) in [6.45, 7) is 2.43. The predicted molar refractivity (Wildman–Crippen MR) is 51.6 cm³/mol. The van der Waals surface area contributed by atoms with E-state index in [0.29, 0.717) is 12.1 Å². The van der Waals surface area contributed by atoms with Gasteiger partial charge in [-0.15, -0.1) is 0 Å². The van der Waals surface area contributed by atoms with Crippen LogP contribution in [0.15, 0.2) is 16.6 Å². The highest BCUT2D eigenvalue weighted by Crippen LogP contribution is 2.20. The molecule has 0 atom stereocenters. The Morgan fingerprint density at radius 2 is 2.17 bits per heavy atom. The standard InChI is InChI=1S/C9H11BrFN/c1-6-3-8(10)7(5-12-2)4-9(6)11/h3-4,12H,5H2,1-2H3. The van der Waals surface area contributed by atoms with Crippen molar-refractivity contribution in [3.63, 3.8) is 0 Å². The monoisotopic (exact) mass is 231 g/mol. The Labute approximate surface area is 80.1 Å². The molecule has 3 heteroatoms. The van der Waals surface area contributed by atoms with Crippen LogP contribution in [0, 0.1) is 12.7 Å². The minimum atomic E-state index is -0.150. The van der Waals surface area contributed by atoms with E-state index in [1.165, 1.54) is 0 Å². The molecular weight excluding hydrogens is 221 g/mol. The van der Waals surface area contributed by atoms with Crippen molar-refractivity contribution in [2.45, 2.75) is 13.5 Å². The van der Waals surface area contributed by atoms with Crippen LogP contribution < -0.4 is 5.32 Å². The van der Waals surface area contributed by atoms with Gasteiger partial charge >= 0.3 is 0 Å². The van der Waals surface area contributed by atoms with Crippen molar-refractivity contribution in [2.75, 3.05) is 7.05 Å². The molecular formula is C9H11BrFN. The molecule has 0 aliphatic heterocycles. The fourth-order valence-corrected chi connectivity index (χ4v) is 1.61. The first-order valence-electron chi connectivity index (χ1n) is 3.74. The zero-order chi connectivity index (χ0) is 9.14. The van der Waals surface area contributed by atoms with E-state index < -0.39 is 0 Å². The Morgan fingerprint density at radius 1 is 1.50 bits per heavy atom. The highest BCUT2D eigenvalue weighted by Gasteiger charge is 2.03. The molecule has 0 amide bonds. The fourth-order valence-electron chi connectivity index (χ4n) is 1.01. The second kappa shape index (κ2) is 4.01. The first-order valence-corrected chi connectivity index (χ1v) is 4.53. The Bertz CT molecular complexity index is 286. The largest absolute Gasteiger partial charge is 0.316 e. The molecule has 0 aliphatic rings. The van der Waals surface area contributed by atoms with Gasteiger partial charge in [0.25, 0.3) is 0 Å². The molecule has 0 heterocycles. The van der Waals surface area contributed by atoms with Crippen LogP contribution >= 0.6 is 15.9 Å². The number of rotatable bonds is 2. The normalized spacial score (nSPS) is 10.3. The molecule has 0 aromatic heterocycles. The second-order valence-electron chi connectivity index (χ2n) is 2.72.